The van der Waals surface area contributed by atoms with Crippen LogP contribution in [0.5, 0.6) is 0 Å². The number of benzene rings is 1. The molecule has 0 unspecified atom stereocenters. The van der Waals surface area contributed by atoms with Crippen molar-refractivity contribution in [1.29, 1.82) is 0 Å². The molecule has 1 aromatic carbocycles. The van der Waals surface area contributed by atoms with Gasteiger partial charge in [0.2, 0.25) is 10.0 Å². The van der Waals surface area contributed by atoms with Gasteiger partial charge >= 0.3 is 0 Å². The number of anilines is 1. The molecule has 2 aromatic rings. The summed E-state index contributed by atoms with van der Waals surface area (Å²) in [6.45, 7) is 6.84. The third-order valence-electron chi connectivity index (χ3n) is 4.87. The van der Waals surface area contributed by atoms with Crippen LogP contribution in [0, 0.1) is 0 Å². The number of nitrogens with zero attached hydrogens (tertiary/aromatic N) is 2. The third kappa shape index (κ3) is 4.99. The van der Waals surface area contributed by atoms with E-state index < -0.39 is 15.9 Å². The van der Waals surface area contributed by atoms with Crippen molar-refractivity contribution in [3.63, 3.8) is 0 Å². The number of halogens is 1. The number of hydrogen-bond donors (Lipinski definition) is 1. The van der Waals surface area contributed by atoms with Crippen LogP contribution in [0.25, 0.3) is 0 Å². The van der Waals surface area contributed by atoms with E-state index in [4.69, 9.17) is 16.1 Å². The number of carbonyl (C=O) groups excluding carboxylic acids is 1. The Bertz CT molecular complexity index is 987. The van der Waals surface area contributed by atoms with E-state index in [0.717, 1.165) is 25.7 Å². The first-order chi connectivity index (χ1) is 13.6. The van der Waals surface area contributed by atoms with Gasteiger partial charge in [-0.3, -0.25) is 4.79 Å². The van der Waals surface area contributed by atoms with Crippen molar-refractivity contribution in [1.82, 2.24) is 9.46 Å². The van der Waals surface area contributed by atoms with Gasteiger partial charge in [-0.1, -0.05) is 50.4 Å². The van der Waals surface area contributed by atoms with E-state index in [9.17, 15) is 13.2 Å². The minimum Gasteiger partial charge on any atom is -0.359 e. The molecule has 0 atom stereocenters. The highest BCUT2D eigenvalue weighted by Crippen LogP contribution is 2.28. The maximum atomic E-state index is 13.1. The Morgan fingerprint density at radius 1 is 1.14 bits per heavy atom. The highest BCUT2D eigenvalue weighted by molar-refractivity contribution is 7.89. The van der Waals surface area contributed by atoms with Crippen LogP contribution in [0.15, 0.2) is 33.7 Å². The average molecular weight is 440 g/mol. The van der Waals surface area contributed by atoms with Gasteiger partial charge in [0.1, 0.15) is 10.7 Å². The Hall–Kier alpha value is -1.90. The zero-order valence-electron chi connectivity index (χ0n) is 16.9. The molecule has 29 heavy (non-hydrogen) atoms. The van der Waals surface area contributed by atoms with Crippen LogP contribution in [0.4, 0.5) is 5.82 Å². The second-order valence-electron chi connectivity index (χ2n) is 8.24. The molecule has 2 heterocycles. The quantitative estimate of drug-likeness (QED) is 0.759. The first-order valence-electron chi connectivity index (χ1n) is 9.67. The average Bonchev–Trinajstić information content (AvgIpc) is 2.95. The largest absolute Gasteiger partial charge is 0.359 e. The SMILES string of the molecule is CC(C)(C)c1cc(NC(=O)c2ccc(Cl)c(S(=O)(=O)N3CCCCCC3)c2)no1. The van der Waals surface area contributed by atoms with Crippen molar-refractivity contribution >= 4 is 33.3 Å². The highest BCUT2D eigenvalue weighted by Gasteiger charge is 2.28. The molecule has 3 rings (SSSR count). The fourth-order valence-electron chi connectivity index (χ4n) is 3.14. The molecule has 0 bridgehead atoms. The number of hydrogen-bond acceptors (Lipinski definition) is 5. The Morgan fingerprint density at radius 3 is 2.38 bits per heavy atom. The van der Waals surface area contributed by atoms with Gasteiger partial charge in [-0.25, -0.2) is 8.42 Å². The minimum atomic E-state index is -3.77. The van der Waals surface area contributed by atoms with E-state index in [-0.39, 0.29) is 26.7 Å². The van der Waals surface area contributed by atoms with Crippen molar-refractivity contribution in [3.8, 4) is 0 Å². The topological polar surface area (TPSA) is 92.5 Å². The number of rotatable bonds is 4. The van der Waals surface area contributed by atoms with Crippen molar-refractivity contribution in [2.75, 3.05) is 18.4 Å². The highest BCUT2D eigenvalue weighted by atomic mass is 35.5. The van der Waals surface area contributed by atoms with Crippen LogP contribution in [0.2, 0.25) is 5.02 Å². The summed E-state index contributed by atoms with van der Waals surface area (Å²) in [4.78, 5) is 12.6. The summed E-state index contributed by atoms with van der Waals surface area (Å²) in [6.07, 6.45) is 3.66. The summed E-state index contributed by atoms with van der Waals surface area (Å²) in [7, 11) is -3.77. The molecule has 7 nitrogen and oxygen atoms in total. The molecule has 1 saturated heterocycles. The predicted octanol–water partition coefficient (Wildman–Crippen LogP) is 4.44. The predicted molar refractivity (Wildman–Crippen MR) is 112 cm³/mol. The standard InChI is InChI=1S/C20H26ClN3O4S/c1-20(2,3)17-13-18(23-28-17)22-19(25)14-8-9-15(21)16(12-14)29(26,27)24-10-6-4-5-7-11-24/h8-9,12-13H,4-7,10-11H2,1-3H3,(H,22,23,25). The van der Waals surface area contributed by atoms with Crippen LogP contribution in [-0.2, 0) is 15.4 Å². The van der Waals surface area contributed by atoms with Gasteiger partial charge in [0.15, 0.2) is 5.82 Å². The molecular weight excluding hydrogens is 414 g/mol. The molecule has 0 saturated carbocycles. The van der Waals surface area contributed by atoms with Gasteiger partial charge in [-0.15, -0.1) is 0 Å². The second kappa shape index (κ2) is 8.45. The molecule has 0 spiro atoms. The van der Waals surface area contributed by atoms with E-state index in [0.29, 0.717) is 18.8 Å². The normalized spacial score (nSPS) is 16.4. The second-order valence-corrected chi connectivity index (χ2v) is 10.6. The third-order valence-corrected chi connectivity index (χ3v) is 7.25. The Morgan fingerprint density at radius 2 is 1.79 bits per heavy atom. The van der Waals surface area contributed by atoms with E-state index in [1.165, 1.54) is 22.5 Å². The molecule has 1 aliphatic heterocycles. The molecule has 1 aliphatic rings. The zero-order chi connectivity index (χ0) is 21.2. The number of aromatic nitrogens is 1. The molecule has 158 valence electrons. The lowest BCUT2D eigenvalue weighted by Gasteiger charge is -2.21. The van der Waals surface area contributed by atoms with E-state index in [1.807, 2.05) is 20.8 Å². The summed E-state index contributed by atoms with van der Waals surface area (Å²) in [6, 6.07) is 5.90. The fraction of sp³-hybridized carbons (Fsp3) is 0.500. The van der Waals surface area contributed by atoms with E-state index in [2.05, 4.69) is 10.5 Å². The number of carbonyl (C=O) groups is 1. The summed E-state index contributed by atoms with van der Waals surface area (Å²) in [5, 5.41) is 6.60. The lowest BCUT2D eigenvalue weighted by atomic mass is 9.93. The van der Waals surface area contributed by atoms with Crippen molar-refractivity contribution in [3.05, 3.63) is 40.6 Å². The fourth-order valence-corrected chi connectivity index (χ4v) is 5.16. The van der Waals surface area contributed by atoms with Gasteiger partial charge in [-0.05, 0) is 31.0 Å². The van der Waals surface area contributed by atoms with Crippen LogP contribution in [0.3, 0.4) is 0 Å². The lowest BCUT2D eigenvalue weighted by Crippen LogP contribution is -2.32. The van der Waals surface area contributed by atoms with Crippen molar-refractivity contribution in [2.45, 2.75) is 56.8 Å². The number of amides is 1. The number of nitrogens with one attached hydrogen (secondary N) is 1. The lowest BCUT2D eigenvalue weighted by molar-refractivity contribution is 0.102. The molecule has 1 N–H and O–H groups in total. The molecule has 1 amide bonds. The summed E-state index contributed by atoms with van der Waals surface area (Å²) >= 11 is 6.19. The summed E-state index contributed by atoms with van der Waals surface area (Å²) in [5.74, 6) is 0.419. The molecule has 0 radical (unpaired) electrons. The smallest absolute Gasteiger partial charge is 0.256 e. The van der Waals surface area contributed by atoms with Gasteiger partial charge in [-0.2, -0.15) is 4.31 Å². The summed E-state index contributed by atoms with van der Waals surface area (Å²) < 4.78 is 32.9. The minimum absolute atomic E-state index is 0.0516. The van der Waals surface area contributed by atoms with Gasteiger partial charge < -0.3 is 9.84 Å². The molecule has 0 aliphatic carbocycles. The zero-order valence-corrected chi connectivity index (χ0v) is 18.4. The summed E-state index contributed by atoms with van der Waals surface area (Å²) in [5.41, 5.74) is -0.0620. The first-order valence-corrected chi connectivity index (χ1v) is 11.5. The van der Waals surface area contributed by atoms with Crippen LogP contribution < -0.4 is 5.32 Å². The molecule has 1 fully saturated rings. The number of sulfonamides is 1. The first kappa shape index (κ1) is 21.8. The Labute approximate surface area is 176 Å². The van der Waals surface area contributed by atoms with Crippen LogP contribution in [-0.4, -0.2) is 36.9 Å². The maximum Gasteiger partial charge on any atom is 0.256 e. The van der Waals surface area contributed by atoms with Gasteiger partial charge in [0, 0.05) is 30.1 Å². The van der Waals surface area contributed by atoms with E-state index in [1.54, 1.807) is 6.07 Å². The molecule has 9 heteroatoms. The molecule has 1 aromatic heterocycles. The van der Waals surface area contributed by atoms with E-state index >= 15 is 0 Å². The Kier molecular flexibility index (Phi) is 6.36. The maximum absolute atomic E-state index is 13.1. The Balaban J connectivity index is 1.84. The monoisotopic (exact) mass is 439 g/mol. The van der Waals surface area contributed by atoms with Crippen molar-refractivity contribution < 1.29 is 17.7 Å². The van der Waals surface area contributed by atoms with Crippen LogP contribution >= 0.6 is 11.6 Å². The van der Waals surface area contributed by atoms with Gasteiger partial charge in [0.05, 0.1) is 5.02 Å². The van der Waals surface area contributed by atoms with Gasteiger partial charge in [0.25, 0.3) is 5.91 Å². The molecular formula is C20H26ClN3O4S. The van der Waals surface area contributed by atoms with Crippen molar-refractivity contribution in [2.24, 2.45) is 0 Å². The van der Waals surface area contributed by atoms with Crippen LogP contribution in [0.1, 0.15) is 62.6 Å².